The lowest BCUT2D eigenvalue weighted by atomic mass is 10.0. The second-order valence-corrected chi connectivity index (χ2v) is 20.5. The number of nitrogens with one attached hydrogen (secondary N) is 1. The SMILES string of the molecule is CCS(=O)c1ncc(C(=O)c2cc(OC)c(C)cc2F)c(N)n1.COc1cc(C(=O)c2cnc(NC3CCN(S(C)(=O)=O)CC3)nc2N)c(F)cc1C.CS(=O)(=O)N1CCC(N)CC1. The van der Waals surface area contributed by atoms with E-state index >= 15 is 0 Å². The highest BCUT2D eigenvalue weighted by molar-refractivity contribution is 7.88. The van der Waals surface area contributed by atoms with Gasteiger partial charge in [-0.05, 0) is 74.9 Å². The molecule has 350 valence electrons. The van der Waals surface area contributed by atoms with E-state index < -0.39 is 54.0 Å². The average Bonchev–Trinajstić information content (AvgIpc) is 3.23. The molecule has 2 aromatic heterocycles. The van der Waals surface area contributed by atoms with E-state index in [0.29, 0.717) is 67.4 Å². The molecule has 0 saturated carbocycles. The number of nitrogen functional groups attached to an aromatic ring is 2. The Bertz CT molecular complexity index is 2590. The Labute approximate surface area is 374 Å². The van der Waals surface area contributed by atoms with Crippen molar-refractivity contribution in [3.63, 3.8) is 0 Å². The average molecular weight is 953 g/mol. The van der Waals surface area contributed by atoms with Gasteiger partial charge in [0.1, 0.15) is 34.8 Å². The van der Waals surface area contributed by atoms with Gasteiger partial charge >= 0.3 is 0 Å². The zero-order chi connectivity index (χ0) is 47.7. The van der Waals surface area contributed by atoms with Gasteiger partial charge in [0.15, 0.2) is 0 Å². The molecule has 24 heteroatoms. The molecule has 0 amide bonds. The molecule has 2 saturated heterocycles. The fourth-order valence-corrected chi connectivity index (χ4v) is 8.91. The Morgan fingerprint density at radius 2 is 1.17 bits per heavy atom. The first-order valence-corrected chi connectivity index (χ1v) is 24.8. The van der Waals surface area contributed by atoms with Crippen LogP contribution in [0.2, 0.25) is 0 Å². The molecule has 4 heterocycles. The number of nitrogens with two attached hydrogens (primary N) is 3. The molecule has 4 aromatic rings. The number of benzene rings is 2. The summed E-state index contributed by atoms with van der Waals surface area (Å²) in [4.78, 5) is 41.3. The first-order chi connectivity index (χ1) is 30.0. The molecular formula is C40H54F2N10O9S3. The summed E-state index contributed by atoms with van der Waals surface area (Å²) in [5, 5.41) is 3.15. The number of aromatic nitrogens is 4. The zero-order valence-electron chi connectivity index (χ0n) is 36.6. The van der Waals surface area contributed by atoms with Gasteiger partial charge in [-0.15, -0.1) is 0 Å². The van der Waals surface area contributed by atoms with E-state index in [-0.39, 0.29) is 57.1 Å². The molecule has 0 radical (unpaired) electrons. The van der Waals surface area contributed by atoms with E-state index in [1.165, 1.54) is 72.0 Å². The van der Waals surface area contributed by atoms with Gasteiger partial charge in [-0.2, -0.15) is 4.98 Å². The summed E-state index contributed by atoms with van der Waals surface area (Å²) in [5.74, 6) is -1.56. The number of piperidine rings is 2. The zero-order valence-corrected chi connectivity index (χ0v) is 39.0. The predicted octanol–water partition coefficient (Wildman–Crippen LogP) is 2.82. The number of hydrogen-bond acceptors (Lipinski definition) is 17. The highest BCUT2D eigenvalue weighted by Gasteiger charge is 2.27. The van der Waals surface area contributed by atoms with Gasteiger partial charge < -0.3 is 32.0 Å². The van der Waals surface area contributed by atoms with E-state index in [2.05, 4.69) is 25.3 Å². The first kappa shape index (κ1) is 51.4. The monoisotopic (exact) mass is 952 g/mol. The normalized spacial score (nSPS) is 15.8. The lowest BCUT2D eigenvalue weighted by Gasteiger charge is -2.30. The minimum Gasteiger partial charge on any atom is -0.496 e. The number of aryl methyl sites for hydroxylation is 2. The standard InChI is InChI=1S/C19H24FN5O4S.C15H16FN3O3S.C6H14N2O2S/c1-11-8-15(20)13(9-16(11)29-2)17(26)14-10-22-19(24-18(14)21)23-12-4-6-25(7-5-12)30(3,27)28;1-4-23(21)15-18-7-10(14(17)19-15)13(20)9-6-12(22-3)8(2)5-11(9)16;1-11(9,10)8-4-2-6(7)3-5-8/h8-10,12H,4-7H2,1-3H3,(H3,21,22,23,24);5-7H,4H2,1-3H3,(H2,17,18,19);6H,2-5,7H2,1H3. The van der Waals surface area contributed by atoms with Gasteiger partial charge in [-0.1, -0.05) is 6.92 Å². The molecule has 19 nitrogen and oxygen atoms in total. The molecule has 64 heavy (non-hydrogen) atoms. The first-order valence-electron chi connectivity index (χ1n) is 19.8. The predicted molar refractivity (Wildman–Crippen MR) is 239 cm³/mol. The number of rotatable bonds is 12. The van der Waals surface area contributed by atoms with Crippen molar-refractivity contribution < 1.29 is 48.9 Å². The van der Waals surface area contributed by atoms with E-state index in [9.17, 15) is 39.4 Å². The third-order valence-electron chi connectivity index (χ3n) is 10.3. The molecule has 2 fully saturated rings. The summed E-state index contributed by atoms with van der Waals surface area (Å²) >= 11 is 0. The van der Waals surface area contributed by atoms with Crippen LogP contribution in [-0.2, 0) is 30.8 Å². The van der Waals surface area contributed by atoms with E-state index in [0.717, 1.165) is 12.8 Å². The quantitative estimate of drug-likeness (QED) is 0.117. The lowest BCUT2D eigenvalue weighted by molar-refractivity contribution is 0.102. The third kappa shape index (κ3) is 13.4. The lowest BCUT2D eigenvalue weighted by Crippen LogP contribution is -2.42. The number of methoxy groups -OCH3 is 2. The van der Waals surface area contributed by atoms with Crippen LogP contribution in [-0.4, -0.2) is 132 Å². The number of carbonyl (C=O) groups is 2. The van der Waals surface area contributed by atoms with Crippen LogP contribution < -0.4 is 32.0 Å². The fraction of sp³-hybridized carbons (Fsp3) is 0.450. The van der Waals surface area contributed by atoms with Crippen molar-refractivity contribution >= 4 is 60.0 Å². The number of anilines is 3. The summed E-state index contributed by atoms with van der Waals surface area (Å²) in [6.07, 6.45) is 7.59. The van der Waals surface area contributed by atoms with Crippen molar-refractivity contribution in [1.82, 2.24) is 28.5 Å². The molecule has 1 atom stereocenters. The van der Waals surface area contributed by atoms with Gasteiger partial charge in [-0.3, -0.25) is 13.8 Å². The van der Waals surface area contributed by atoms with Crippen molar-refractivity contribution in [2.45, 2.75) is 63.7 Å². The number of hydrogen-bond donors (Lipinski definition) is 4. The van der Waals surface area contributed by atoms with Crippen molar-refractivity contribution in [3.8, 4) is 11.5 Å². The van der Waals surface area contributed by atoms with Gasteiger partial charge in [0.25, 0.3) is 0 Å². The Kier molecular flexibility index (Phi) is 17.7. The van der Waals surface area contributed by atoms with Crippen LogP contribution in [0, 0.1) is 25.5 Å². The maximum Gasteiger partial charge on any atom is 0.224 e. The fourth-order valence-electron chi connectivity index (χ4n) is 6.54. The van der Waals surface area contributed by atoms with E-state index in [4.69, 9.17) is 26.7 Å². The van der Waals surface area contributed by atoms with Crippen molar-refractivity contribution in [3.05, 3.63) is 81.7 Å². The number of carbonyl (C=O) groups excluding carboxylic acids is 2. The molecule has 7 N–H and O–H groups in total. The summed E-state index contributed by atoms with van der Waals surface area (Å²) in [5.41, 5.74) is 18.0. The van der Waals surface area contributed by atoms with Crippen LogP contribution in [0.1, 0.15) is 75.6 Å². The number of sulfonamides is 2. The van der Waals surface area contributed by atoms with Crippen LogP contribution in [0.5, 0.6) is 11.5 Å². The summed E-state index contributed by atoms with van der Waals surface area (Å²) < 4.78 is 98.4. The largest absolute Gasteiger partial charge is 0.496 e. The molecule has 1 unspecified atom stereocenters. The second kappa shape index (κ2) is 22.1. The van der Waals surface area contributed by atoms with E-state index in [1.807, 2.05) is 0 Å². The summed E-state index contributed by atoms with van der Waals surface area (Å²) in [7, 11) is -4.69. The van der Waals surface area contributed by atoms with Crippen molar-refractivity contribution in [2.24, 2.45) is 5.73 Å². The van der Waals surface area contributed by atoms with Crippen LogP contribution in [0.4, 0.5) is 26.4 Å². The Balaban J connectivity index is 0.000000232. The molecule has 2 aliphatic heterocycles. The minimum atomic E-state index is -3.20. The van der Waals surface area contributed by atoms with Crippen LogP contribution >= 0.6 is 0 Å². The molecule has 0 aliphatic carbocycles. The number of ether oxygens (including phenoxy) is 2. The Morgan fingerprint density at radius 1 is 0.750 bits per heavy atom. The van der Waals surface area contributed by atoms with Gasteiger partial charge in [0.2, 0.25) is 42.7 Å². The maximum absolute atomic E-state index is 14.3. The highest BCUT2D eigenvalue weighted by atomic mass is 32.2. The summed E-state index contributed by atoms with van der Waals surface area (Å²) in [6, 6.07) is 5.24. The Hall–Kier alpha value is -5.27. The number of ketones is 2. The molecular weight excluding hydrogens is 899 g/mol. The van der Waals surface area contributed by atoms with Crippen LogP contribution in [0.25, 0.3) is 0 Å². The Morgan fingerprint density at radius 3 is 1.56 bits per heavy atom. The topological polar surface area (TPSA) is 286 Å². The maximum atomic E-state index is 14.3. The van der Waals surface area contributed by atoms with Gasteiger partial charge in [0, 0.05) is 56.4 Å². The second-order valence-electron chi connectivity index (χ2n) is 14.9. The van der Waals surface area contributed by atoms with Crippen molar-refractivity contribution in [2.75, 3.05) is 75.4 Å². The third-order valence-corrected chi connectivity index (χ3v) is 14.0. The molecule has 0 bridgehead atoms. The smallest absolute Gasteiger partial charge is 0.224 e. The van der Waals surface area contributed by atoms with Gasteiger partial charge in [0.05, 0.1) is 59.8 Å². The highest BCUT2D eigenvalue weighted by Crippen LogP contribution is 2.27. The van der Waals surface area contributed by atoms with Crippen LogP contribution in [0.3, 0.4) is 0 Å². The summed E-state index contributed by atoms with van der Waals surface area (Å²) in [6.45, 7) is 7.02. The molecule has 0 spiro atoms. The van der Waals surface area contributed by atoms with Crippen molar-refractivity contribution in [1.29, 1.82) is 0 Å². The van der Waals surface area contributed by atoms with Crippen LogP contribution in [0.15, 0.2) is 41.8 Å². The molecule has 2 aliphatic rings. The minimum absolute atomic E-state index is 0.0164. The van der Waals surface area contributed by atoms with E-state index in [1.54, 1.807) is 20.8 Å². The number of nitrogens with zero attached hydrogens (tertiary/aromatic N) is 6. The van der Waals surface area contributed by atoms with Gasteiger partial charge in [-0.25, -0.2) is 49.2 Å². The molecule has 6 rings (SSSR count). The molecule has 2 aromatic carbocycles. The number of halogens is 2.